The van der Waals surface area contributed by atoms with Crippen LogP contribution >= 0.6 is 0 Å². The van der Waals surface area contributed by atoms with Gasteiger partial charge in [-0.25, -0.2) is 0 Å². The molecule has 2 N–H and O–H groups in total. The first kappa shape index (κ1) is 6.92. The molecule has 0 heterocycles. The molecule has 43 valence electrons. The zero-order chi connectivity index (χ0) is 5.86. The molecule has 0 saturated heterocycles. The lowest BCUT2D eigenvalue weighted by atomic mass is 10.4. The van der Waals surface area contributed by atoms with Gasteiger partial charge in [-0.1, -0.05) is 0 Å². The van der Waals surface area contributed by atoms with Crippen LogP contribution in [0.25, 0.3) is 0 Å². The molecule has 0 fully saturated rings. The molecule has 0 aliphatic carbocycles. The zero-order valence-electron chi connectivity index (χ0n) is 5.02. The van der Waals surface area contributed by atoms with Crippen LogP contribution in [0, 0.1) is 6.23 Å². The van der Waals surface area contributed by atoms with Gasteiger partial charge in [-0.15, -0.1) is 0 Å². The first-order valence-electron chi connectivity index (χ1n) is 2.42. The second-order valence-electron chi connectivity index (χ2n) is 1.88. The standard InChI is InChI=1S/C5H12NO/c1-4(2)6-5(3)7/h4,6-7H,1-3H3. The molecule has 2 nitrogen and oxygen atoms in total. The number of hydrogen-bond acceptors (Lipinski definition) is 2. The van der Waals surface area contributed by atoms with Crippen LogP contribution in [-0.2, 0) is 0 Å². The Morgan fingerprint density at radius 1 is 1.57 bits per heavy atom. The molecule has 2 heteroatoms. The average molecular weight is 102 g/mol. The van der Waals surface area contributed by atoms with Gasteiger partial charge in [-0.05, 0) is 20.8 Å². The molecule has 1 radical (unpaired) electrons. The molecule has 0 aromatic heterocycles. The molecule has 0 saturated carbocycles. The molecule has 0 aliphatic rings. The van der Waals surface area contributed by atoms with Crippen LogP contribution in [0.5, 0.6) is 0 Å². The van der Waals surface area contributed by atoms with E-state index in [-0.39, 0.29) is 6.23 Å². The lowest BCUT2D eigenvalue weighted by Crippen LogP contribution is -2.25. The first-order valence-corrected chi connectivity index (χ1v) is 2.42. The van der Waals surface area contributed by atoms with Crippen LogP contribution in [0.15, 0.2) is 0 Å². The fraction of sp³-hybridized carbons (Fsp3) is 0.800. The van der Waals surface area contributed by atoms with Gasteiger partial charge in [0.15, 0.2) is 6.23 Å². The van der Waals surface area contributed by atoms with Crippen LogP contribution in [0.3, 0.4) is 0 Å². The minimum absolute atomic E-state index is 0.287. The Kier molecular flexibility index (Phi) is 2.96. The summed E-state index contributed by atoms with van der Waals surface area (Å²) in [6, 6.07) is 0.338. The lowest BCUT2D eigenvalue weighted by molar-refractivity contribution is 0.258. The smallest absolute Gasteiger partial charge is 0.155 e. The van der Waals surface area contributed by atoms with Crippen LogP contribution in [-0.4, -0.2) is 11.1 Å². The molecule has 7 heavy (non-hydrogen) atoms. The molecule has 0 aromatic rings. The molecule has 0 unspecified atom stereocenters. The molecule has 0 aliphatic heterocycles. The predicted molar refractivity (Wildman–Crippen MR) is 29.1 cm³/mol. The van der Waals surface area contributed by atoms with E-state index in [0.717, 1.165) is 0 Å². The summed E-state index contributed by atoms with van der Waals surface area (Å²) in [7, 11) is 0. The number of nitrogens with one attached hydrogen (secondary N) is 1. The van der Waals surface area contributed by atoms with Gasteiger partial charge >= 0.3 is 0 Å². The van der Waals surface area contributed by atoms with Crippen molar-refractivity contribution in [3.63, 3.8) is 0 Å². The van der Waals surface area contributed by atoms with Gasteiger partial charge in [0.25, 0.3) is 0 Å². The van der Waals surface area contributed by atoms with Crippen LogP contribution in [0.1, 0.15) is 20.8 Å². The highest BCUT2D eigenvalue weighted by Gasteiger charge is 1.95. The summed E-state index contributed by atoms with van der Waals surface area (Å²) in [5.74, 6) is 0. The van der Waals surface area contributed by atoms with Gasteiger partial charge in [0.2, 0.25) is 0 Å². The van der Waals surface area contributed by atoms with Gasteiger partial charge < -0.3 is 5.11 Å². The van der Waals surface area contributed by atoms with Crippen molar-refractivity contribution >= 4 is 0 Å². The van der Waals surface area contributed by atoms with Gasteiger partial charge in [0.1, 0.15) is 0 Å². The first-order chi connectivity index (χ1) is 3.13. The fourth-order valence-corrected chi connectivity index (χ4v) is 0.418. The Morgan fingerprint density at radius 3 is 2.00 bits per heavy atom. The number of aliphatic hydroxyl groups excluding tert-OH is 1. The van der Waals surface area contributed by atoms with E-state index in [2.05, 4.69) is 5.32 Å². The molecule has 0 amide bonds. The maximum Gasteiger partial charge on any atom is 0.155 e. The van der Waals surface area contributed by atoms with Crippen molar-refractivity contribution in [2.45, 2.75) is 26.8 Å². The van der Waals surface area contributed by atoms with E-state index in [1.54, 1.807) is 6.92 Å². The SMILES string of the molecule is C[C](O)NC(C)C. The molecule has 0 spiro atoms. The Hall–Kier alpha value is -0.0800. The third-order valence-corrected chi connectivity index (χ3v) is 0.498. The molecule has 0 aromatic carbocycles. The Labute approximate surface area is 44.5 Å². The quantitative estimate of drug-likeness (QED) is 0.542. The normalized spacial score (nSPS) is 11.1. The van der Waals surface area contributed by atoms with E-state index in [4.69, 9.17) is 5.11 Å². The van der Waals surface area contributed by atoms with Gasteiger partial charge in [0.05, 0.1) is 0 Å². The molecular weight excluding hydrogens is 90.1 g/mol. The third kappa shape index (κ3) is 5.92. The number of aliphatic hydroxyl groups is 1. The topological polar surface area (TPSA) is 32.3 Å². The number of rotatable bonds is 2. The van der Waals surface area contributed by atoms with Crippen molar-refractivity contribution in [2.75, 3.05) is 0 Å². The molecule has 0 bridgehead atoms. The maximum atomic E-state index is 8.53. The Bertz CT molecular complexity index is 37.3. The van der Waals surface area contributed by atoms with E-state index in [0.29, 0.717) is 6.04 Å². The van der Waals surface area contributed by atoms with Crippen molar-refractivity contribution in [1.29, 1.82) is 0 Å². The second-order valence-corrected chi connectivity index (χ2v) is 1.88. The summed E-state index contributed by atoms with van der Waals surface area (Å²) in [5.41, 5.74) is 0. The summed E-state index contributed by atoms with van der Waals surface area (Å²) >= 11 is 0. The highest BCUT2D eigenvalue weighted by Crippen LogP contribution is 1.85. The Morgan fingerprint density at radius 2 is 2.00 bits per heavy atom. The minimum Gasteiger partial charge on any atom is -0.372 e. The average Bonchev–Trinajstić information content (AvgIpc) is 1.27. The number of hydrogen-bond donors (Lipinski definition) is 2. The minimum atomic E-state index is 0.287. The van der Waals surface area contributed by atoms with Crippen LogP contribution < -0.4 is 5.32 Å². The summed E-state index contributed by atoms with van der Waals surface area (Å²) in [6.07, 6.45) is 0.287. The van der Waals surface area contributed by atoms with Crippen molar-refractivity contribution in [3.8, 4) is 0 Å². The fourth-order valence-electron chi connectivity index (χ4n) is 0.418. The lowest BCUT2D eigenvalue weighted by Gasteiger charge is -2.07. The summed E-state index contributed by atoms with van der Waals surface area (Å²) < 4.78 is 0. The van der Waals surface area contributed by atoms with Gasteiger partial charge in [-0.2, -0.15) is 0 Å². The van der Waals surface area contributed by atoms with E-state index in [1.165, 1.54) is 0 Å². The van der Waals surface area contributed by atoms with Crippen molar-refractivity contribution in [2.24, 2.45) is 0 Å². The highest BCUT2D eigenvalue weighted by molar-refractivity contribution is 4.65. The van der Waals surface area contributed by atoms with Crippen molar-refractivity contribution in [3.05, 3.63) is 6.23 Å². The van der Waals surface area contributed by atoms with E-state index in [9.17, 15) is 0 Å². The zero-order valence-corrected chi connectivity index (χ0v) is 5.02. The molecule has 0 rings (SSSR count). The van der Waals surface area contributed by atoms with Gasteiger partial charge in [-0.3, -0.25) is 5.32 Å². The van der Waals surface area contributed by atoms with Crippen LogP contribution in [0.4, 0.5) is 0 Å². The largest absolute Gasteiger partial charge is 0.372 e. The Balaban J connectivity index is 2.95. The second kappa shape index (κ2) is 2.99. The monoisotopic (exact) mass is 102 g/mol. The summed E-state index contributed by atoms with van der Waals surface area (Å²) in [5, 5.41) is 11.3. The maximum absolute atomic E-state index is 8.53. The van der Waals surface area contributed by atoms with E-state index >= 15 is 0 Å². The summed E-state index contributed by atoms with van der Waals surface area (Å²) in [6.45, 7) is 5.57. The van der Waals surface area contributed by atoms with Gasteiger partial charge in [0, 0.05) is 6.04 Å². The predicted octanol–water partition coefficient (Wildman–Crippen LogP) is 0.866. The van der Waals surface area contributed by atoms with E-state index in [1.807, 2.05) is 13.8 Å². The van der Waals surface area contributed by atoms with Crippen molar-refractivity contribution < 1.29 is 5.11 Å². The third-order valence-electron chi connectivity index (χ3n) is 0.498. The van der Waals surface area contributed by atoms with E-state index < -0.39 is 0 Å². The van der Waals surface area contributed by atoms with Crippen LogP contribution in [0.2, 0.25) is 0 Å². The highest BCUT2D eigenvalue weighted by atomic mass is 16.3. The summed E-state index contributed by atoms with van der Waals surface area (Å²) in [4.78, 5) is 0. The van der Waals surface area contributed by atoms with Crippen molar-refractivity contribution in [1.82, 2.24) is 5.32 Å². The molecular formula is C5H12NO. The molecule has 0 atom stereocenters.